The van der Waals surface area contributed by atoms with Crippen LogP contribution in [0, 0.1) is 6.92 Å². The summed E-state index contributed by atoms with van der Waals surface area (Å²) in [5.41, 5.74) is 7.72. The molecular formula is C11H14N4S. The quantitative estimate of drug-likeness (QED) is 0.652. The minimum Gasteiger partial charge on any atom is -0.399 e. The molecule has 0 amide bonds. The molecule has 0 bridgehead atoms. The van der Waals surface area contributed by atoms with E-state index in [4.69, 9.17) is 5.73 Å². The third kappa shape index (κ3) is 2.36. The molecule has 0 spiro atoms. The molecule has 0 fully saturated rings. The molecule has 0 aliphatic carbocycles. The fraction of sp³-hybridized carbons (Fsp3) is 0.273. The van der Waals surface area contributed by atoms with Gasteiger partial charge in [0.05, 0.1) is 5.75 Å². The molecular weight excluding hydrogens is 220 g/mol. The zero-order valence-corrected chi connectivity index (χ0v) is 10.2. The van der Waals surface area contributed by atoms with Crippen molar-refractivity contribution in [3.8, 4) is 0 Å². The molecule has 4 nitrogen and oxygen atoms in total. The lowest BCUT2D eigenvalue weighted by Gasteiger charge is -2.04. The minimum absolute atomic E-state index is 0.819. The Morgan fingerprint density at radius 3 is 2.88 bits per heavy atom. The molecule has 0 unspecified atom stereocenters. The number of nitrogen functional groups attached to an aromatic ring is 1. The van der Waals surface area contributed by atoms with E-state index in [-0.39, 0.29) is 0 Å². The van der Waals surface area contributed by atoms with Crippen LogP contribution < -0.4 is 5.73 Å². The van der Waals surface area contributed by atoms with Crippen LogP contribution in [0.15, 0.2) is 29.4 Å². The van der Waals surface area contributed by atoms with Gasteiger partial charge in [0.15, 0.2) is 0 Å². The molecule has 0 aliphatic rings. The van der Waals surface area contributed by atoms with Crippen LogP contribution in [0.2, 0.25) is 0 Å². The van der Waals surface area contributed by atoms with Gasteiger partial charge in [0.25, 0.3) is 0 Å². The Morgan fingerprint density at radius 2 is 2.25 bits per heavy atom. The van der Waals surface area contributed by atoms with Gasteiger partial charge < -0.3 is 5.73 Å². The van der Waals surface area contributed by atoms with Gasteiger partial charge in [-0.15, -0.1) is 11.8 Å². The van der Waals surface area contributed by atoms with E-state index in [9.17, 15) is 0 Å². The topological polar surface area (TPSA) is 56.7 Å². The molecule has 84 valence electrons. The summed E-state index contributed by atoms with van der Waals surface area (Å²) in [5, 5.41) is 4.03. The normalized spacial score (nSPS) is 10.6. The van der Waals surface area contributed by atoms with Crippen molar-refractivity contribution in [2.45, 2.75) is 17.6 Å². The first-order chi connectivity index (χ1) is 7.66. The molecule has 0 radical (unpaired) electrons. The highest BCUT2D eigenvalue weighted by Crippen LogP contribution is 2.24. The van der Waals surface area contributed by atoms with Gasteiger partial charge in [-0.05, 0) is 30.7 Å². The van der Waals surface area contributed by atoms with Crippen LogP contribution in [0.4, 0.5) is 5.69 Å². The Hall–Kier alpha value is -1.49. The van der Waals surface area contributed by atoms with E-state index >= 15 is 0 Å². The number of benzene rings is 1. The molecule has 1 heterocycles. The Kier molecular flexibility index (Phi) is 3.14. The number of thioether (sulfide) groups is 1. The molecule has 16 heavy (non-hydrogen) atoms. The van der Waals surface area contributed by atoms with E-state index in [1.165, 1.54) is 4.90 Å². The third-order valence-electron chi connectivity index (χ3n) is 2.41. The summed E-state index contributed by atoms with van der Waals surface area (Å²) in [4.78, 5) is 5.38. The first kappa shape index (κ1) is 11.0. The highest BCUT2D eigenvalue weighted by atomic mass is 32.2. The molecule has 1 aromatic carbocycles. The van der Waals surface area contributed by atoms with E-state index in [0.717, 1.165) is 22.8 Å². The van der Waals surface area contributed by atoms with Gasteiger partial charge in [-0.1, -0.05) is 0 Å². The van der Waals surface area contributed by atoms with Crippen LogP contribution in [0.3, 0.4) is 0 Å². The summed E-state index contributed by atoms with van der Waals surface area (Å²) in [6, 6.07) is 6.06. The van der Waals surface area contributed by atoms with Crippen LogP contribution >= 0.6 is 11.8 Å². The van der Waals surface area contributed by atoms with E-state index in [0.29, 0.717) is 0 Å². The van der Waals surface area contributed by atoms with E-state index < -0.39 is 0 Å². The Morgan fingerprint density at radius 1 is 1.44 bits per heavy atom. The average Bonchev–Trinajstić information content (AvgIpc) is 2.66. The minimum atomic E-state index is 0.819. The molecule has 2 N–H and O–H groups in total. The summed E-state index contributed by atoms with van der Waals surface area (Å²) in [5.74, 6) is 1.79. The lowest BCUT2D eigenvalue weighted by Crippen LogP contribution is -1.97. The fourth-order valence-electron chi connectivity index (χ4n) is 1.34. The fourth-order valence-corrected chi connectivity index (χ4v) is 2.32. The number of aryl methyl sites for hydroxylation is 2. The van der Waals surface area contributed by atoms with E-state index in [2.05, 4.69) is 16.1 Å². The van der Waals surface area contributed by atoms with Gasteiger partial charge in [-0.25, -0.2) is 4.98 Å². The third-order valence-corrected chi connectivity index (χ3v) is 3.40. The second kappa shape index (κ2) is 4.57. The molecule has 2 aromatic rings. The largest absolute Gasteiger partial charge is 0.399 e. The second-order valence-corrected chi connectivity index (χ2v) is 4.66. The number of hydrogen-bond acceptors (Lipinski definition) is 4. The Balaban J connectivity index is 2.05. The van der Waals surface area contributed by atoms with E-state index in [1.54, 1.807) is 22.8 Å². The second-order valence-electron chi connectivity index (χ2n) is 3.61. The van der Waals surface area contributed by atoms with Crippen molar-refractivity contribution in [3.05, 3.63) is 35.9 Å². The smallest absolute Gasteiger partial charge is 0.138 e. The van der Waals surface area contributed by atoms with E-state index in [1.807, 2.05) is 26.1 Å². The summed E-state index contributed by atoms with van der Waals surface area (Å²) >= 11 is 1.74. The number of aromatic nitrogens is 3. The molecule has 1 aromatic heterocycles. The first-order valence-corrected chi connectivity index (χ1v) is 5.97. The maximum atomic E-state index is 5.77. The zero-order valence-electron chi connectivity index (χ0n) is 9.34. The standard InChI is InChI=1S/C11H14N4S/c1-8-5-9(3-4-10(8)12)16-6-11-13-7-14-15(11)2/h3-5,7H,6,12H2,1-2H3. The van der Waals surface area contributed by atoms with Crippen molar-refractivity contribution in [1.29, 1.82) is 0 Å². The molecule has 2 rings (SSSR count). The molecule has 0 aliphatic heterocycles. The van der Waals surface area contributed by atoms with Crippen molar-refractivity contribution < 1.29 is 0 Å². The van der Waals surface area contributed by atoms with Gasteiger partial charge >= 0.3 is 0 Å². The van der Waals surface area contributed by atoms with Gasteiger partial charge in [0, 0.05) is 17.6 Å². The maximum absolute atomic E-state index is 5.77. The van der Waals surface area contributed by atoms with Gasteiger partial charge in [-0.3, -0.25) is 4.68 Å². The predicted molar refractivity (Wildman–Crippen MR) is 66.2 cm³/mol. The zero-order chi connectivity index (χ0) is 11.5. The van der Waals surface area contributed by atoms with Crippen molar-refractivity contribution in [2.75, 3.05) is 5.73 Å². The lowest BCUT2D eigenvalue weighted by atomic mass is 10.2. The van der Waals surface area contributed by atoms with Crippen LogP contribution in [0.5, 0.6) is 0 Å². The predicted octanol–water partition coefficient (Wildman–Crippen LogP) is 2.00. The van der Waals surface area contributed by atoms with Crippen LogP contribution in [0.1, 0.15) is 11.4 Å². The first-order valence-electron chi connectivity index (χ1n) is 4.98. The number of rotatable bonds is 3. The summed E-state index contributed by atoms with van der Waals surface area (Å²) in [7, 11) is 1.90. The van der Waals surface area contributed by atoms with Crippen LogP contribution in [-0.4, -0.2) is 14.8 Å². The van der Waals surface area contributed by atoms with Crippen molar-refractivity contribution >= 4 is 17.4 Å². The van der Waals surface area contributed by atoms with Gasteiger partial charge in [-0.2, -0.15) is 5.10 Å². The number of nitrogens with zero attached hydrogens (tertiary/aromatic N) is 3. The SMILES string of the molecule is Cc1cc(SCc2ncnn2C)ccc1N. The monoisotopic (exact) mass is 234 g/mol. The lowest BCUT2D eigenvalue weighted by molar-refractivity contribution is 0.730. The van der Waals surface area contributed by atoms with Crippen LogP contribution in [0.25, 0.3) is 0 Å². The number of anilines is 1. The van der Waals surface area contributed by atoms with Gasteiger partial charge in [0.2, 0.25) is 0 Å². The number of nitrogens with two attached hydrogens (primary N) is 1. The van der Waals surface area contributed by atoms with Crippen molar-refractivity contribution in [1.82, 2.24) is 14.8 Å². The van der Waals surface area contributed by atoms with Crippen LogP contribution in [-0.2, 0) is 12.8 Å². The molecule has 5 heteroatoms. The molecule has 0 atom stereocenters. The highest BCUT2D eigenvalue weighted by Gasteiger charge is 2.02. The maximum Gasteiger partial charge on any atom is 0.138 e. The highest BCUT2D eigenvalue weighted by molar-refractivity contribution is 7.98. The summed E-state index contributed by atoms with van der Waals surface area (Å²) < 4.78 is 1.79. The Bertz CT molecular complexity index is 492. The molecule has 0 saturated heterocycles. The Labute approximate surface area is 98.9 Å². The van der Waals surface area contributed by atoms with Crippen molar-refractivity contribution in [3.63, 3.8) is 0 Å². The average molecular weight is 234 g/mol. The summed E-state index contributed by atoms with van der Waals surface area (Å²) in [6.07, 6.45) is 1.57. The number of hydrogen-bond donors (Lipinski definition) is 1. The molecule has 0 saturated carbocycles. The van der Waals surface area contributed by atoms with Crippen molar-refractivity contribution in [2.24, 2.45) is 7.05 Å². The van der Waals surface area contributed by atoms with Gasteiger partial charge in [0.1, 0.15) is 12.2 Å². The summed E-state index contributed by atoms with van der Waals surface area (Å²) in [6.45, 7) is 2.02.